The molecule has 0 aliphatic rings. The zero-order valence-electron chi connectivity index (χ0n) is 10.1. The maximum absolute atomic E-state index is 9.24. The Kier molecular flexibility index (Phi) is 3.58. The van der Waals surface area contributed by atoms with Gasteiger partial charge in [0.05, 0.1) is 19.7 Å². The number of hydrogen-bond donors (Lipinski definition) is 2. The molecule has 2 N–H and O–H groups in total. The van der Waals surface area contributed by atoms with Crippen LogP contribution in [-0.2, 0) is 0 Å². The Morgan fingerprint density at radius 2 is 1.81 bits per heavy atom. The number of benzene rings is 1. The molecular formula is C11H16BNO2Si. The Hall–Kier alpha value is -1.09. The lowest BCUT2D eigenvalue weighted by atomic mass is 9.77. The fraction of sp³-hybridized carbons (Fsp3) is 0.364. The van der Waals surface area contributed by atoms with E-state index in [2.05, 4.69) is 25.7 Å². The smallest absolute Gasteiger partial charge is 0.423 e. The molecule has 1 aromatic carbocycles. The van der Waals surface area contributed by atoms with Crippen LogP contribution >= 0.6 is 0 Å². The summed E-state index contributed by atoms with van der Waals surface area (Å²) in [5.41, 5.74) is 1.81. The Balaban J connectivity index is 3.60. The number of aryl methyl sites for hydroxylation is 1. The quantitative estimate of drug-likeness (QED) is 0.711. The van der Waals surface area contributed by atoms with E-state index in [1.165, 1.54) is 0 Å². The minimum atomic E-state index is -1.67. The summed E-state index contributed by atoms with van der Waals surface area (Å²) in [5.74, 6) is 0. The SMILES string of the molecule is Cc1ccc(B(O)O)c(C#N)c1[Si](C)(C)C. The van der Waals surface area contributed by atoms with Crippen molar-refractivity contribution in [3.63, 3.8) is 0 Å². The van der Waals surface area contributed by atoms with Gasteiger partial charge >= 0.3 is 7.12 Å². The summed E-state index contributed by atoms with van der Waals surface area (Å²) >= 11 is 0. The van der Waals surface area contributed by atoms with Crippen LogP contribution in [-0.4, -0.2) is 25.2 Å². The van der Waals surface area contributed by atoms with Crippen molar-refractivity contribution in [2.45, 2.75) is 26.6 Å². The molecule has 0 atom stereocenters. The molecule has 0 amide bonds. The normalized spacial score (nSPS) is 11.1. The highest BCUT2D eigenvalue weighted by molar-refractivity contribution is 6.89. The molecule has 1 rings (SSSR count). The first-order valence-electron chi connectivity index (χ1n) is 5.19. The van der Waals surface area contributed by atoms with Gasteiger partial charge in [-0.05, 0) is 17.6 Å². The van der Waals surface area contributed by atoms with Crippen LogP contribution in [0.4, 0.5) is 0 Å². The van der Waals surface area contributed by atoms with Crippen LogP contribution in [0, 0.1) is 18.3 Å². The van der Waals surface area contributed by atoms with Crippen molar-refractivity contribution < 1.29 is 10.0 Å². The fourth-order valence-electron chi connectivity index (χ4n) is 2.03. The standard InChI is InChI=1S/C11H16BNO2Si/c1-8-5-6-10(12(14)15)9(7-13)11(8)16(2,3)4/h5-6,14-15H,1-4H3. The van der Waals surface area contributed by atoms with Gasteiger partial charge in [-0.25, -0.2) is 0 Å². The third kappa shape index (κ3) is 2.35. The fourth-order valence-corrected chi connectivity index (χ4v) is 4.24. The van der Waals surface area contributed by atoms with Gasteiger partial charge < -0.3 is 10.0 Å². The molecule has 0 aliphatic heterocycles. The van der Waals surface area contributed by atoms with Gasteiger partial charge in [-0.1, -0.05) is 37.3 Å². The summed E-state index contributed by atoms with van der Waals surface area (Å²) in [6.07, 6.45) is 0. The highest BCUT2D eigenvalue weighted by Gasteiger charge is 2.27. The van der Waals surface area contributed by atoms with E-state index in [0.29, 0.717) is 11.0 Å². The van der Waals surface area contributed by atoms with E-state index in [1.54, 1.807) is 6.07 Å². The van der Waals surface area contributed by atoms with Gasteiger partial charge in [-0.15, -0.1) is 0 Å². The van der Waals surface area contributed by atoms with Crippen LogP contribution in [0.3, 0.4) is 0 Å². The van der Waals surface area contributed by atoms with E-state index in [1.807, 2.05) is 13.0 Å². The van der Waals surface area contributed by atoms with Crippen LogP contribution in [0.15, 0.2) is 12.1 Å². The van der Waals surface area contributed by atoms with Crippen molar-refractivity contribution in [3.8, 4) is 6.07 Å². The molecule has 0 aliphatic carbocycles. The Bertz CT molecular complexity index is 447. The minimum Gasteiger partial charge on any atom is -0.423 e. The second-order valence-corrected chi connectivity index (χ2v) is 9.96. The Labute approximate surface area is 97.5 Å². The summed E-state index contributed by atoms with van der Waals surface area (Å²) in [7, 11) is -3.24. The summed E-state index contributed by atoms with van der Waals surface area (Å²) in [5, 5.41) is 28.7. The number of rotatable bonds is 2. The summed E-state index contributed by atoms with van der Waals surface area (Å²) in [6.45, 7) is 8.39. The summed E-state index contributed by atoms with van der Waals surface area (Å²) in [4.78, 5) is 0. The highest BCUT2D eigenvalue weighted by atomic mass is 28.3. The first-order valence-corrected chi connectivity index (χ1v) is 8.69. The van der Waals surface area contributed by atoms with Crippen LogP contribution in [0.5, 0.6) is 0 Å². The predicted molar refractivity (Wildman–Crippen MR) is 68.7 cm³/mol. The molecule has 16 heavy (non-hydrogen) atoms. The topological polar surface area (TPSA) is 64.2 Å². The van der Waals surface area contributed by atoms with Crippen LogP contribution < -0.4 is 10.6 Å². The molecule has 1 aromatic rings. The van der Waals surface area contributed by atoms with Crippen LogP contribution in [0.1, 0.15) is 11.1 Å². The molecule has 84 valence electrons. The van der Waals surface area contributed by atoms with Gasteiger partial charge in [0.1, 0.15) is 0 Å². The Morgan fingerprint density at radius 1 is 1.25 bits per heavy atom. The molecule has 0 aromatic heterocycles. The molecule has 0 heterocycles. The second-order valence-electron chi connectivity index (χ2n) is 4.96. The van der Waals surface area contributed by atoms with E-state index < -0.39 is 15.2 Å². The minimum absolute atomic E-state index is 0.311. The molecule has 0 spiro atoms. The van der Waals surface area contributed by atoms with Gasteiger partial charge in [-0.2, -0.15) is 5.26 Å². The molecule has 0 fully saturated rings. The third-order valence-electron chi connectivity index (χ3n) is 2.59. The van der Waals surface area contributed by atoms with Crippen molar-refractivity contribution in [2.24, 2.45) is 0 Å². The Morgan fingerprint density at radius 3 is 2.19 bits per heavy atom. The summed E-state index contributed by atoms with van der Waals surface area (Å²) in [6, 6.07) is 5.57. The van der Waals surface area contributed by atoms with E-state index >= 15 is 0 Å². The van der Waals surface area contributed by atoms with Crippen molar-refractivity contribution in [3.05, 3.63) is 23.3 Å². The van der Waals surface area contributed by atoms with Crippen molar-refractivity contribution in [2.75, 3.05) is 0 Å². The second kappa shape index (κ2) is 4.42. The van der Waals surface area contributed by atoms with E-state index in [9.17, 15) is 15.3 Å². The van der Waals surface area contributed by atoms with Crippen LogP contribution in [0.2, 0.25) is 19.6 Å². The lowest BCUT2D eigenvalue weighted by Gasteiger charge is -2.22. The molecule has 5 heteroatoms. The first kappa shape index (κ1) is 13.0. The number of nitrogens with zero attached hydrogens (tertiary/aromatic N) is 1. The van der Waals surface area contributed by atoms with Gasteiger partial charge in [0.25, 0.3) is 0 Å². The average molecular weight is 233 g/mol. The number of hydrogen-bond acceptors (Lipinski definition) is 3. The third-order valence-corrected chi connectivity index (χ3v) is 4.73. The van der Waals surface area contributed by atoms with Gasteiger partial charge in [0.2, 0.25) is 0 Å². The molecule has 0 bridgehead atoms. The van der Waals surface area contributed by atoms with Crippen molar-refractivity contribution in [1.29, 1.82) is 5.26 Å². The van der Waals surface area contributed by atoms with E-state index in [-0.39, 0.29) is 0 Å². The van der Waals surface area contributed by atoms with Crippen molar-refractivity contribution >= 4 is 25.8 Å². The van der Waals surface area contributed by atoms with Gasteiger partial charge in [0, 0.05) is 0 Å². The largest absolute Gasteiger partial charge is 0.489 e. The monoisotopic (exact) mass is 233 g/mol. The average Bonchev–Trinajstić information content (AvgIpc) is 2.14. The zero-order valence-corrected chi connectivity index (χ0v) is 11.1. The van der Waals surface area contributed by atoms with E-state index in [0.717, 1.165) is 10.8 Å². The molecule has 0 saturated carbocycles. The molecular weight excluding hydrogens is 217 g/mol. The van der Waals surface area contributed by atoms with Gasteiger partial charge in [-0.3, -0.25) is 0 Å². The predicted octanol–water partition coefficient (Wildman–Crippen LogP) is 0.0917. The number of nitriles is 1. The molecule has 3 nitrogen and oxygen atoms in total. The molecule has 0 radical (unpaired) electrons. The van der Waals surface area contributed by atoms with Crippen LogP contribution in [0.25, 0.3) is 0 Å². The maximum Gasteiger partial charge on any atom is 0.489 e. The molecule has 0 saturated heterocycles. The highest BCUT2D eigenvalue weighted by Crippen LogP contribution is 2.09. The lowest BCUT2D eigenvalue weighted by molar-refractivity contribution is 0.425. The maximum atomic E-state index is 9.24. The van der Waals surface area contributed by atoms with Gasteiger partial charge in [0.15, 0.2) is 0 Å². The first-order chi connectivity index (χ1) is 7.29. The summed E-state index contributed by atoms with van der Waals surface area (Å²) < 4.78 is 0. The lowest BCUT2D eigenvalue weighted by Crippen LogP contribution is -2.47. The van der Waals surface area contributed by atoms with Crippen molar-refractivity contribution in [1.82, 2.24) is 0 Å². The zero-order chi connectivity index (χ0) is 12.5. The van der Waals surface area contributed by atoms with E-state index in [4.69, 9.17) is 0 Å². The molecule has 0 unspecified atom stereocenters.